The summed E-state index contributed by atoms with van der Waals surface area (Å²) in [4.78, 5) is 13.3. The predicted octanol–water partition coefficient (Wildman–Crippen LogP) is 3.79. The number of rotatable bonds is 6. The van der Waals surface area contributed by atoms with Crippen LogP contribution in [0.25, 0.3) is 0 Å². The van der Waals surface area contributed by atoms with Crippen LogP contribution in [0.2, 0.25) is 0 Å². The van der Waals surface area contributed by atoms with Crippen molar-refractivity contribution < 1.29 is 9.53 Å². The largest absolute Gasteiger partial charge is 0.492 e. The highest BCUT2D eigenvalue weighted by Gasteiger charge is 2.16. The van der Waals surface area contributed by atoms with Crippen LogP contribution in [0, 0.1) is 0 Å². The maximum Gasteiger partial charge on any atom is 0.237 e. The monoisotopic (exact) mass is 316 g/mol. The zero-order chi connectivity index (χ0) is 15.9. The molecule has 0 aliphatic carbocycles. The minimum atomic E-state index is -0.224. The Kier molecular flexibility index (Phi) is 5.72. The zero-order valence-electron chi connectivity index (χ0n) is 12.7. The van der Waals surface area contributed by atoms with Crippen molar-refractivity contribution in [3.8, 4) is 5.75 Å². The van der Waals surface area contributed by atoms with E-state index in [0.29, 0.717) is 23.7 Å². The summed E-state index contributed by atoms with van der Waals surface area (Å²) >= 11 is 1.49. The normalized spacial score (nSPS) is 11.7. The first-order valence-electron chi connectivity index (χ1n) is 7.15. The SMILES string of the molecule is CCOc1ccccc1NC(=O)C(C)Sc1ccc(N)cc1. The summed E-state index contributed by atoms with van der Waals surface area (Å²) in [5.74, 6) is 0.622. The van der Waals surface area contributed by atoms with Crippen molar-refractivity contribution >= 4 is 29.0 Å². The number of nitrogens with one attached hydrogen (secondary N) is 1. The highest BCUT2D eigenvalue weighted by molar-refractivity contribution is 8.00. The van der Waals surface area contributed by atoms with E-state index >= 15 is 0 Å². The van der Waals surface area contributed by atoms with Gasteiger partial charge in [0.2, 0.25) is 5.91 Å². The zero-order valence-corrected chi connectivity index (χ0v) is 13.5. The van der Waals surface area contributed by atoms with Crippen molar-refractivity contribution in [3.05, 3.63) is 48.5 Å². The molecule has 0 radical (unpaired) electrons. The number of hydrogen-bond acceptors (Lipinski definition) is 4. The average molecular weight is 316 g/mol. The summed E-state index contributed by atoms with van der Waals surface area (Å²) < 4.78 is 5.51. The van der Waals surface area contributed by atoms with Gasteiger partial charge in [0.1, 0.15) is 5.75 Å². The second kappa shape index (κ2) is 7.75. The van der Waals surface area contributed by atoms with Crippen LogP contribution in [0.1, 0.15) is 13.8 Å². The highest BCUT2D eigenvalue weighted by atomic mass is 32.2. The van der Waals surface area contributed by atoms with Crippen molar-refractivity contribution in [2.75, 3.05) is 17.7 Å². The van der Waals surface area contributed by atoms with Gasteiger partial charge in [-0.1, -0.05) is 12.1 Å². The summed E-state index contributed by atoms with van der Waals surface area (Å²) in [5, 5.41) is 2.69. The summed E-state index contributed by atoms with van der Waals surface area (Å²) in [6, 6.07) is 14.9. The molecule has 0 aliphatic rings. The molecule has 0 spiro atoms. The van der Waals surface area contributed by atoms with E-state index in [4.69, 9.17) is 10.5 Å². The molecule has 3 N–H and O–H groups in total. The minimum absolute atomic E-state index is 0.0611. The van der Waals surface area contributed by atoms with Crippen LogP contribution in [-0.2, 0) is 4.79 Å². The van der Waals surface area contributed by atoms with Crippen molar-refractivity contribution in [2.24, 2.45) is 0 Å². The molecule has 4 nitrogen and oxygen atoms in total. The molecule has 0 aromatic heterocycles. The number of hydrogen-bond donors (Lipinski definition) is 2. The van der Waals surface area contributed by atoms with E-state index in [9.17, 15) is 4.79 Å². The number of ether oxygens (including phenoxy) is 1. The Hall–Kier alpha value is -2.14. The van der Waals surface area contributed by atoms with Gasteiger partial charge >= 0.3 is 0 Å². The van der Waals surface area contributed by atoms with Gasteiger partial charge in [-0.3, -0.25) is 4.79 Å². The van der Waals surface area contributed by atoms with Crippen LogP contribution in [0.4, 0.5) is 11.4 Å². The van der Waals surface area contributed by atoms with Gasteiger partial charge in [0, 0.05) is 10.6 Å². The molecule has 0 heterocycles. The lowest BCUT2D eigenvalue weighted by atomic mass is 10.3. The molecule has 0 aliphatic heterocycles. The fraction of sp³-hybridized carbons (Fsp3) is 0.235. The van der Waals surface area contributed by atoms with Crippen molar-refractivity contribution in [3.63, 3.8) is 0 Å². The van der Waals surface area contributed by atoms with Crippen molar-refractivity contribution in [1.29, 1.82) is 0 Å². The number of amides is 1. The van der Waals surface area contributed by atoms with Gasteiger partial charge in [-0.2, -0.15) is 0 Å². The first kappa shape index (κ1) is 16.2. The number of carbonyl (C=O) groups excluding carboxylic acids is 1. The van der Waals surface area contributed by atoms with E-state index in [1.807, 2.05) is 62.4 Å². The first-order chi connectivity index (χ1) is 10.6. The summed E-state index contributed by atoms with van der Waals surface area (Å²) in [5.41, 5.74) is 7.07. The number of thioether (sulfide) groups is 1. The number of carbonyl (C=O) groups is 1. The van der Waals surface area contributed by atoms with E-state index in [1.165, 1.54) is 11.8 Å². The molecule has 2 rings (SSSR count). The Morgan fingerprint density at radius 3 is 2.59 bits per heavy atom. The topological polar surface area (TPSA) is 64.3 Å². The second-order valence-corrected chi connectivity index (χ2v) is 6.16. The fourth-order valence-corrected chi connectivity index (χ4v) is 2.76. The minimum Gasteiger partial charge on any atom is -0.492 e. The molecular formula is C17H20N2O2S. The van der Waals surface area contributed by atoms with Gasteiger partial charge in [0.05, 0.1) is 17.5 Å². The van der Waals surface area contributed by atoms with E-state index in [1.54, 1.807) is 0 Å². The molecule has 1 atom stereocenters. The number of anilines is 2. The third kappa shape index (κ3) is 4.43. The van der Waals surface area contributed by atoms with Gasteiger partial charge < -0.3 is 15.8 Å². The van der Waals surface area contributed by atoms with Gasteiger partial charge in [0.25, 0.3) is 0 Å². The molecule has 22 heavy (non-hydrogen) atoms. The van der Waals surface area contributed by atoms with Crippen LogP contribution in [-0.4, -0.2) is 17.8 Å². The lowest BCUT2D eigenvalue weighted by Gasteiger charge is -2.14. The predicted molar refractivity (Wildman–Crippen MR) is 92.4 cm³/mol. The molecule has 2 aromatic carbocycles. The Labute approximate surface area is 135 Å². The number of nitrogens with two attached hydrogens (primary N) is 1. The van der Waals surface area contributed by atoms with E-state index in [-0.39, 0.29) is 11.2 Å². The van der Waals surface area contributed by atoms with Crippen LogP contribution in [0.5, 0.6) is 5.75 Å². The molecule has 1 unspecified atom stereocenters. The fourth-order valence-electron chi connectivity index (χ4n) is 1.89. The van der Waals surface area contributed by atoms with Crippen LogP contribution in [0.3, 0.4) is 0 Å². The number of benzene rings is 2. The molecule has 0 bridgehead atoms. The van der Waals surface area contributed by atoms with Gasteiger partial charge in [-0.15, -0.1) is 11.8 Å². The maximum absolute atomic E-state index is 12.3. The Morgan fingerprint density at radius 1 is 1.23 bits per heavy atom. The standard InChI is InChI=1S/C17H20N2O2S/c1-3-21-16-7-5-4-6-15(16)19-17(20)12(2)22-14-10-8-13(18)9-11-14/h4-12H,3,18H2,1-2H3,(H,19,20). The van der Waals surface area contributed by atoms with Crippen LogP contribution in [0.15, 0.2) is 53.4 Å². The Balaban J connectivity index is 2.01. The summed E-state index contributed by atoms with van der Waals surface area (Å²) in [7, 11) is 0. The van der Waals surface area contributed by atoms with Crippen molar-refractivity contribution in [2.45, 2.75) is 24.0 Å². The molecular weight excluding hydrogens is 296 g/mol. The van der Waals surface area contributed by atoms with E-state index < -0.39 is 0 Å². The third-order valence-electron chi connectivity index (χ3n) is 3.01. The molecule has 0 saturated heterocycles. The Bertz CT molecular complexity index is 629. The molecule has 1 amide bonds. The Morgan fingerprint density at radius 2 is 1.91 bits per heavy atom. The van der Waals surface area contributed by atoms with E-state index in [0.717, 1.165) is 4.90 Å². The number of nitrogen functional groups attached to an aromatic ring is 1. The molecule has 2 aromatic rings. The highest BCUT2D eigenvalue weighted by Crippen LogP contribution is 2.27. The van der Waals surface area contributed by atoms with Gasteiger partial charge in [-0.05, 0) is 50.2 Å². The summed E-state index contributed by atoms with van der Waals surface area (Å²) in [6.07, 6.45) is 0. The lowest BCUT2D eigenvalue weighted by molar-refractivity contribution is -0.115. The second-order valence-electron chi connectivity index (χ2n) is 4.75. The maximum atomic E-state index is 12.3. The first-order valence-corrected chi connectivity index (χ1v) is 8.03. The van der Waals surface area contributed by atoms with Gasteiger partial charge in [0.15, 0.2) is 0 Å². The molecule has 116 valence electrons. The third-order valence-corrected chi connectivity index (χ3v) is 4.12. The molecule has 0 fully saturated rings. The lowest BCUT2D eigenvalue weighted by Crippen LogP contribution is -2.22. The molecule has 5 heteroatoms. The quantitative estimate of drug-likeness (QED) is 0.629. The van der Waals surface area contributed by atoms with Crippen LogP contribution < -0.4 is 15.8 Å². The number of para-hydroxylation sites is 2. The molecule has 0 saturated carbocycles. The summed E-state index contributed by atoms with van der Waals surface area (Å²) in [6.45, 7) is 4.35. The average Bonchev–Trinajstić information content (AvgIpc) is 2.51. The van der Waals surface area contributed by atoms with E-state index in [2.05, 4.69) is 5.32 Å². The van der Waals surface area contributed by atoms with Crippen molar-refractivity contribution in [1.82, 2.24) is 0 Å². The van der Waals surface area contributed by atoms with Crippen LogP contribution >= 0.6 is 11.8 Å². The smallest absolute Gasteiger partial charge is 0.237 e. The van der Waals surface area contributed by atoms with Gasteiger partial charge in [-0.25, -0.2) is 0 Å².